The van der Waals surface area contributed by atoms with Crippen LogP contribution in [0.3, 0.4) is 0 Å². The molecule has 1 saturated carbocycles. The summed E-state index contributed by atoms with van der Waals surface area (Å²) >= 11 is 6.99. The minimum atomic E-state index is -3.49. The highest BCUT2D eigenvalue weighted by molar-refractivity contribution is 7.91. The van der Waals surface area contributed by atoms with Crippen molar-refractivity contribution in [2.75, 3.05) is 6.54 Å². The van der Waals surface area contributed by atoms with Crippen molar-refractivity contribution in [3.8, 4) is 0 Å². The van der Waals surface area contributed by atoms with Crippen molar-refractivity contribution in [3.05, 3.63) is 16.5 Å². The van der Waals surface area contributed by atoms with E-state index in [4.69, 9.17) is 11.6 Å². The Hall–Kier alpha value is -0.140. The van der Waals surface area contributed by atoms with E-state index in [0.29, 0.717) is 15.1 Å². The van der Waals surface area contributed by atoms with E-state index in [-0.39, 0.29) is 18.1 Å². The first-order valence-electron chi connectivity index (χ1n) is 7.45. The third-order valence-corrected chi connectivity index (χ3v) is 8.26. The van der Waals surface area contributed by atoms with Crippen LogP contribution in [-0.2, 0) is 10.0 Å². The topological polar surface area (TPSA) is 57.6 Å². The molecule has 1 saturated heterocycles. The van der Waals surface area contributed by atoms with Crippen LogP contribution in [0.25, 0.3) is 0 Å². The monoisotopic (exact) mass is 349 g/mol. The molecule has 7 heteroatoms. The van der Waals surface area contributed by atoms with Crippen molar-refractivity contribution in [1.29, 1.82) is 0 Å². The van der Waals surface area contributed by atoms with E-state index in [9.17, 15) is 13.5 Å². The van der Waals surface area contributed by atoms with Crippen LogP contribution in [0.5, 0.6) is 0 Å². The molecule has 2 aliphatic rings. The molecule has 3 rings (SSSR count). The largest absolute Gasteiger partial charge is 0.393 e. The molecule has 1 N–H and O–H groups in total. The molecule has 0 radical (unpaired) electrons. The van der Waals surface area contributed by atoms with Gasteiger partial charge in [0.2, 0.25) is 0 Å². The third kappa shape index (κ3) is 3.01. The predicted molar refractivity (Wildman–Crippen MR) is 84.2 cm³/mol. The lowest BCUT2D eigenvalue weighted by Crippen LogP contribution is -2.49. The smallest absolute Gasteiger partial charge is 0.252 e. The van der Waals surface area contributed by atoms with Crippen LogP contribution < -0.4 is 0 Å². The van der Waals surface area contributed by atoms with Crippen molar-refractivity contribution in [2.45, 2.75) is 54.9 Å². The first-order valence-corrected chi connectivity index (χ1v) is 10.1. The number of piperidine rings is 1. The zero-order valence-corrected chi connectivity index (χ0v) is 14.1. The van der Waals surface area contributed by atoms with Gasteiger partial charge in [0.05, 0.1) is 10.4 Å². The summed E-state index contributed by atoms with van der Waals surface area (Å²) in [6.45, 7) is 0.547. The standard InChI is InChI=1S/C14H20ClNO3S2/c15-13-7-8-14(20-13)21(18,19)16-9-2-1-5-11(16)10-4-3-6-12(10)17/h7-8,10-12,17H,1-6,9H2. The average Bonchev–Trinajstić information content (AvgIpc) is 3.08. The van der Waals surface area contributed by atoms with Crippen molar-refractivity contribution in [2.24, 2.45) is 5.92 Å². The quantitative estimate of drug-likeness (QED) is 0.912. The predicted octanol–water partition coefficient (Wildman–Crippen LogP) is 3.11. The molecular formula is C14H20ClNO3S2. The fourth-order valence-corrected chi connectivity index (χ4v) is 6.98. The van der Waals surface area contributed by atoms with Gasteiger partial charge in [0.1, 0.15) is 4.21 Å². The summed E-state index contributed by atoms with van der Waals surface area (Å²) in [5.41, 5.74) is 0. The summed E-state index contributed by atoms with van der Waals surface area (Å²) in [6.07, 6.45) is 5.10. The van der Waals surface area contributed by atoms with Crippen molar-refractivity contribution < 1.29 is 13.5 Å². The summed E-state index contributed by atoms with van der Waals surface area (Å²) < 4.78 is 28.2. The van der Waals surface area contributed by atoms with Gasteiger partial charge in [-0.25, -0.2) is 8.42 Å². The van der Waals surface area contributed by atoms with Crippen LogP contribution in [0, 0.1) is 5.92 Å². The molecule has 2 heterocycles. The molecule has 0 amide bonds. The fraction of sp³-hybridized carbons (Fsp3) is 0.714. The van der Waals surface area contributed by atoms with Gasteiger partial charge in [-0.1, -0.05) is 24.4 Å². The van der Waals surface area contributed by atoms with Crippen molar-refractivity contribution in [3.63, 3.8) is 0 Å². The number of aliphatic hydroxyl groups is 1. The molecule has 1 aliphatic heterocycles. The van der Waals surface area contributed by atoms with Gasteiger partial charge in [0.15, 0.2) is 0 Å². The van der Waals surface area contributed by atoms with Gasteiger partial charge in [0, 0.05) is 18.5 Å². The normalized spacial score (nSPS) is 31.6. The molecule has 1 aliphatic carbocycles. The van der Waals surface area contributed by atoms with Gasteiger partial charge in [-0.3, -0.25) is 0 Å². The Morgan fingerprint density at radius 1 is 1.19 bits per heavy atom. The number of hydrogen-bond donors (Lipinski definition) is 1. The summed E-state index contributed by atoms with van der Waals surface area (Å²) in [5, 5.41) is 10.2. The Kier molecular flexibility index (Phi) is 4.62. The summed E-state index contributed by atoms with van der Waals surface area (Å²) in [7, 11) is -3.49. The second-order valence-electron chi connectivity index (χ2n) is 5.90. The van der Waals surface area contributed by atoms with E-state index < -0.39 is 10.0 Å². The number of thiophene rings is 1. The average molecular weight is 350 g/mol. The Morgan fingerprint density at radius 2 is 2.00 bits per heavy atom. The lowest BCUT2D eigenvalue weighted by Gasteiger charge is -2.39. The van der Waals surface area contributed by atoms with Gasteiger partial charge in [0.25, 0.3) is 10.0 Å². The molecule has 118 valence electrons. The van der Waals surface area contributed by atoms with Crippen LogP contribution >= 0.6 is 22.9 Å². The second-order valence-corrected chi connectivity index (χ2v) is 9.73. The number of nitrogens with zero attached hydrogens (tertiary/aromatic N) is 1. The minimum Gasteiger partial charge on any atom is -0.393 e. The second kappa shape index (κ2) is 6.16. The Morgan fingerprint density at radius 3 is 2.62 bits per heavy atom. The van der Waals surface area contributed by atoms with Gasteiger partial charge >= 0.3 is 0 Å². The molecule has 0 bridgehead atoms. The number of hydrogen-bond acceptors (Lipinski definition) is 4. The number of aliphatic hydroxyl groups excluding tert-OH is 1. The van der Waals surface area contributed by atoms with Gasteiger partial charge < -0.3 is 5.11 Å². The highest BCUT2D eigenvalue weighted by Crippen LogP contribution is 2.39. The van der Waals surface area contributed by atoms with Crippen LogP contribution in [0.1, 0.15) is 38.5 Å². The van der Waals surface area contributed by atoms with E-state index in [1.807, 2.05) is 0 Å². The lowest BCUT2D eigenvalue weighted by molar-refractivity contribution is 0.0724. The van der Waals surface area contributed by atoms with E-state index in [1.54, 1.807) is 16.4 Å². The van der Waals surface area contributed by atoms with Gasteiger partial charge in [-0.2, -0.15) is 4.31 Å². The van der Waals surface area contributed by atoms with Crippen LogP contribution in [0.2, 0.25) is 4.34 Å². The molecule has 1 aromatic rings. The van der Waals surface area contributed by atoms with Crippen LogP contribution in [-0.4, -0.2) is 36.5 Å². The molecule has 3 unspecified atom stereocenters. The molecule has 3 atom stereocenters. The van der Waals surface area contributed by atoms with E-state index in [2.05, 4.69) is 0 Å². The van der Waals surface area contributed by atoms with Crippen LogP contribution in [0.15, 0.2) is 16.3 Å². The molecule has 1 aromatic heterocycles. The maximum atomic E-state index is 12.9. The molecule has 4 nitrogen and oxygen atoms in total. The van der Waals surface area contributed by atoms with Crippen molar-refractivity contribution >= 4 is 33.0 Å². The molecule has 2 fully saturated rings. The number of rotatable bonds is 3. The van der Waals surface area contributed by atoms with Crippen LogP contribution in [0.4, 0.5) is 0 Å². The summed E-state index contributed by atoms with van der Waals surface area (Å²) in [4.78, 5) is 0. The Labute approximate surface area is 134 Å². The van der Waals surface area contributed by atoms with Gasteiger partial charge in [-0.15, -0.1) is 11.3 Å². The molecule has 0 aromatic carbocycles. The van der Waals surface area contributed by atoms with Gasteiger partial charge in [-0.05, 0) is 37.8 Å². The Balaban J connectivity index is 1.90. The maximum absolute atomic E-state index is 12.9. The third-order valence-electron chi connectivity index (χ3n) is 4.64. The first-order chi connectivity index (χ1) is 10.00. The summed E-state index contributed by atoms with van der Waals surface area (Å²) in [5.74, 6) is 0.0792. The highest BCUT2D eigenvalue weighted by Gasteiger charge is 2.42. The minimum absolute atomic E-state index is 0.0675. The van der Waals surface area contributed by atoms with E-state index in [0.717, 1.165) is 49.9 Å². The number of halogens is 1. The number of sulfonamides is 1. The molecule has 21 heavy (non-hydrogen) atoms. The van der Waals surface area contributed by atoms with E-state index in [1.165, 1.54) is 0 Å². The summed E-state index contributed by atoms with van der Waals surface area (Å²) in [6, 6.07) is 3.14. The SMILES string of the molecule is O=S(=O)(c1ccc(Cl)s1)N1CCCCC1C1CCCC1O. The van der Waals surface area contributed by atoms with Crippen molar-refractivity contribution in [1.82, 2.24) is 4.31 Å². The fourth-order valence-electron chi connectivity index (χ4n) is 3.63. The molecule has 0 spiro atoms. The zero-order chi connectivity index (χ0) is 15.0. The Bertz CT molecular complexity index is 601. The lowest BCUT2D eigenvalue weighted by atomic mass is 9.89. The maximum Gasteiger partial charge on any atom is 0.252 e. The zero-order valence-electron chi connectivity index (χ0n) is 11.7. The highest BCUT2D eigenvalue weighted by atomic mass is 35.5. The van der Waals surface area contributed by atoms with E-state index >= 15 is 0 Å². The first kappa shape index (κ1) is 15.7. The molecular weight excluding hydrogens is 330 g/mol.